The minimum absolute atomic E-state index is 0.0151. The van der Waals surface area contributed by atoms with Crippen molar-refractivity contribution in [3.63, 3.8) is 0 Å². The van der Waals surface area contributed by atoms with Crippen LogP contribution in [0, 0.1) is 0 Å². The van der Waals surface area contributed by atoms with Gasteiger partial charge in [0.2, 0.25) is 0 Å². The molecule has 0 saturated heterocycles. The third-order valence-corrected chi connectivity index (χ3v) is 4.88. The van der Waals surface area contributed by atoms with E-state index >= 15 is 0 Å². The highest BCUT2D eigenvalue weighted by Crippen LogP contribution is 2.24. The van der Waals surface area contributed by atoms with Crippen LogP contribution < -0.4 is 4.74 Å². The van der Waals surface area contributed by atoms with Gasteiger partial charge in [-0.15, -0.1) is 0 Å². The fourth-order valence-electron chi connectivity index (χ4n) is 1.46. The number of aliphatic hydroxyl groups excluding tert-OH is 1. The molecular formula is C13H20O4S. The third-order valence-electron chi connectivity index (χ3n) is 2.71. The molecule has 1 N–H and O–H groups in total. The van der Waals surface area contributed by atoms with E-state index in [-0.39, 0.29) is 12.4 Å². The lowest BCUT2D eigenvalue weighted by molar-refractivity contribution is 0.192. The van der Waals surface area contributed by atoms with Crippen LogP contribution in [0.5, 0.6) is 5.75 Å². The molecule has 4 nitrogen and oxygen atoms in total. The molecule has 1 unspecified atom stereocenters. The molecule has 0 aliphatic rings. The molecule has 1 atom stereocenters. The maximum absolute atomic E-state index is 11.6. The van der Waals surface area contributed by atoms with Gasteiger partial charge in [0, 0.05) is 5.56 Å². The van der Waals surface area contributed by atoms with Crippen molar-refractivity contribution in [1.29, 1.82) is 0 Å². The van der Waals surface area contributed by atoms with Crippen molar-refractivity contribution >= 4 is 9.84 Å². The second-order valence-corrected chi connectivity index (χ2v) is 7.15. The summed E-state index contributed by atoms with van der Waals surface area (Å²) in [5.41, 5.74) is 0.666. The zero-order chi connectivity index (χ0) is 13.8. The van der Waals surface area contributed by atoms with Gasteiger partial charge in [-0.2, -0.15) is 0 Å². The predicted molar refractivity (Wildman–Crippen MR) is 71.5 cm³/mol. The Morgan fingerprint density at radius 1 is 1.22 bits per heavy atom. The van der Waals surface area contributed by atoms with Crippen LogP contribution in [0.4, 0.5) is 0 Å². The first-order valence-electron chi connectivity index (χ1n) is 5.96. The van der Waals surface area contributed by atoms with Crippen molar-refractivity contribution in [2.24, 2.45) is 0 Å². The molecular weight excluding hydrogens is 252 g/mol. The Morgan fingerprint density at radius 3 is 2.39 bits per heavy atom. The molecule has 0 spiro atoms. The largest absolute Gasteiger partial charge is 0.492 e. The highest BCUT2D eigenvalue weighted by Gasteiger charge is 2.16. The van der Waals surface area contributed by atoms with Crippen molar-refractivity contribution in [3.8, 4) is 5.75 Å². The summed E-state index contributed by atoms with van der Waals surface area (Å²) in [4.78, 5) is 0. The molecule has 1 rings (SSSR count). The quantitative estimate of drug-likeness (QED) is 0.859. The van der Waals surface area contributed by atoms with Crippen molar-refractivity contribution in [2.45, 2.75) is 32.1 Å². The molecule has 1 aromatic rings. The van der Waals surface area contributed by atoms with Gasteiger partial charge in [0.05, 0.1) is 17.1 Å². The highest BCUT2D eigenvalue weighted by molar-refractivity contribution is 7.91. The number of sulfone groups is 1. The van der Waals surface area contributed by atoms with E-state index in [0.29, 0.717) is 11.3 Å². The maximum Gasteiger partial charge on any atom is 0.155 e. The van der Waals surface area contributed by atoms with Gasteiger partial charge >= 0.3 is 0 Å². The fourth-order valence-corrected chi connectivity index (χ4v) is 2.25. The molecule has 0 aliphatic carbocycles. The maximum atomic E-state index is 11.6. The summed E-state index contributed by atoms with van der Waals surface area (Å²) in [5, 5.41) is 9.16. The van der Waals surface area contributed by atoms with Gasteiger partial charge in [-0.05, 0) is 26.8 Å². The lowest BCUT2D eigenvalue weighted by atomic mass is 10.1. The summed E-state index contributed by atoms with van der Waals surface area (Å²) in [6, 6.07) is 7.08. The summed E-state index contributed by atoms with van der Waals surface area (Å²) >= 11 is 0. The van der Waals surface area contributed by atoms with Crippen LogP contribution in [0.3, 0.4) is 0 Å². The normalized spacial score (nSPS) is 13.6. The Labute approximate surface area is 109 Å². The molecule has 0 fully saturated rings. The molecule has 102 valence electrons. The average molecular weight is 272 g/mol. The number of rotatable bonds is 6. The number of ether oxygens (including phenoxy) is 1. The minimum Gasteiger partial charge on any atom is -0.492 e. The lowest BCUT2D eigenvalue weighted by Crippen LogP contribution is -2.22. The number of hydrogen-bond donors (Lipinski definition) is 1. The Morgan fingerprint density at radius 2 is 1.83 bits per heavy atom. The second kappa shape index (κ2) is 6.20. The van der Waals surface area contributed by atoms with Crippen LogP contribution in [0.1, 0.15) is 32.4 Å². The van der Waals surface area contributed by atoms with Gasteiger partial charge in [0.15, 0.2) is 9.84 Å². The fraction of sp³-hybridized carbons (Fsp3) is 0.538. The second-order valence-electron chi connectivity index (χ2n) is 4.48. The van der Waals surface area contributed by atoms with Crippen LogP contribution in [0.25, 0.3) is 0 Å². The van der Waals surface area contributed by atoms with Gasteiger partial charge in [-0.25, -0.2) is 8.42 Å². The number of benzene rings is 1. The number of para-hydroxylation sites is 1. The van der Waals surface area contributed by atoms with Crippen molar-refractivity contribution in [2.75, 3.05) is 12.4 Å². The van der Waals surface area contributed by atoms with E-state index in [2.05, 4.69) is 0 Å². The highest BCUT2D eigenvalue weighted by atomic mass is 32.2. The summed E-state index contributed by atoms with van der Waals surface area (Å²) < 4.78 is 28.7. The van der Waals surface area contributed by atoms with Gasteiger partial charge in [0.1, 0.15) is 12.4 Å². The average Bonchev–Trinajstić information content (AvgIpc) is 2.29. The summed E-state index contributed by atoms with van der Waals surface area (Å²) in [5.74, 6) is 0.519. The van der Waals surface area contributed by atoms with E-state index in [1.54, 1.807) is 45.0 Å². The molecule has 18 heavy (non-hydrogen) atoms. The number of hydrogen-bond acceptors (Lipinski definition) is 4. The summed E-state index contributed by atoms with van der Waals surface area (Å²) in [7, 11) is -3.09. The summed E-state index contributed by atoms with van der Waals surface area (Å²) in [6.07, 6.45) is -0.636. The van der Waals surface area contributed by atoms with Crippen LogP contribution in [0.2, 0.25) is 0 Å². The van der Waals surface area contributed by atoms with Crippen molar-refractivity contribution in [3.05, 3.63) is 29.8 Å². The molecule has 0 saturated carbocycles. The molecule has 0 aromatic heterocycles. The van der Waals surface area contributed by atoms with Gasteiger partial charge in [-0.3, -0.25) is 0 Å². The monoisotopic (exact) mass is 272 g/mol. The first-order chi connectivity index (χ1) is 8.34. The standard InChI is InChI=1S/C13H20O4S/c1-10(2)18(15,16)9-8-17-13-7-5-4-6-12(13)11(3)14/h4-7,10-11,14H,8-9H2,1-3H3. The van der Waals surface area contributed by atoms with E-state index in [1.807, 2.05) is 0 Å². The lowest BCUT2D eigenvalue weighted by Gasteiger charge is -2.14. The van der Waals surface area contributed by atoms with Crippen LogP contribution >= 0.6 is 0 Å². The zero-order valence-electron chi connectivity index (χ0n) is 11.0. The Balaban J connectivity index is 2.65. The smallest absolute Gasteiger partial charge is 0.155 e. The topological polar surface area (TPSA) is 63.6 Å². The van der Waals surface area contributed by atoms with Crippen molar-refractivity contribution < 1.29 is 18.3 Å². The molecule has 0 aliphatic heterocycles. The van der Waals surface area contributed by atoms with Gasteiger partial charge in [0.25, 0.3) is 0 Å². The van der Waals surface area contributed by atoms with Crippen LogP contribution in [-0.4, -0.2) is 31.1 Å². The molecule has 5 heteroatoms. The molecule has 0 amide bonds. The van der Waals surface area contributed by atoms with Crippen LogP contribution in [0.15, 0.2) is 24.3 Å². The van der Waals surface area contributed by atoms with Crippen molar-refractivity contribution in [1.82, 2.24) is 0 Å². The Hall–Kier alpha value is -1.07. The van der Waals surface area contributed by atoms with Gasteiger partial charge < -0.3 is 9.84 Å². The summed E-state index contributed by atoms with van der Waals surface area (Å²) in [6.45, 7) is 5.05. The molecule has 0 heterocycles. The Kier molecular flexibility index (Phi) is 5.16. The van der Waals surface area contributed by atoms with E-state index in [0.717, 1.165) is 0 Å². The van der Waals surface area contributed by atoms with E-state index < -0.39 is 21.2 Å². The molecule has 0 radical (unpaired) electrons. The predicted octanol–water partition coefficient (Wildman–Crippen LogP) is 1.94. The zero-order valence-corrected chi connectivity index (χ0v) is 11.8. The first-order valence-corrected chi connectivity index (χ1v) is 7.67. The SMILES string of the molecule is CC(O)c1ccccc1OCCS(=O)(=O)C(C)C. The molecule has 1 aromatic carbocycles. The van der Waals surface area contributed by atoms with E-state index in [4.69, 9.17) is 4.74 Å². The van der Waals surface area contributed by atoms with Gasteiger partial charge in [-0.1, -0.05) is 18.2 Å². The van der Waals surface area contributed by atoms with E-state index in [1.165, 1.54) is 0 Å². The minimum atomic E-state index is -3.09. The number of aliphatic hydroxyl groups is 1. The molecule has 0 bridgehead atoms. The van der Waals surface area contributed by atoms with Crippen LogP contribution in [-0.2, 0) is 9.84 Å². The first kappa shape index (κ1) is 15.0. The third kappa shape index (κ3) is 3.99. The van der Waals surface area contributed by atoms with E-state index in [9.17, 15) is 13.5 Å². The Bertz CT molecular complexity index is 478.